The van der Waals surface area contributed by atoms with Gasteiger partial charge in [-0.1, -0.05) is 0 Å². The second-order valence-corrected chi connectivity index (χ2v) is 5.38. The fourth-order valence-electron chi connectivity index (χ4n) is 2.40. The van der Waals surface area contributed by atoms with Crippen molar-refractivity contribution in [1.29, 1.82) is 0 Å². The summed E-state index contributed by atoms with van der Waals surface area (Å²) in [6.45, 7) is 7.10. The highest BCUT2D eigenvalue weighted by atomic mass is 15.1. The Kier molecular flexibility index (Phi) is 3.11. The molecule has 0 atom stereocenters. The van der Waals surface area contributed by atoms with E-state index in [1.165, 1.54) is 24.0 Å². The van der Waals surface area contributed by atoms with Gasteiger partial charge in [0.1, 0.15) is 11.6 Å². The summed E-state index contributed by atoms with van der Waals surface area (Å²) in [6, 6.07) is 2.86. The first-order valence-corrected chi connectivity index (χ1v) is 6.86. The van der Waals surface area contributed by atoms with Crippen LogP contribution < -0.4 is 5.32 Å². The number of hydrogen-bond acceptors (Lipinski definition) is 3. The van der Waals surface area contributed by atoms with E-state index in [-0.39, 0.29) is 0 Å². The standard InChI is InChI=1S/C15H20N4/c1-10-8-11(2)18-15(19-7-6-16-12(19)3)14(10)9-17-13-4-5-13/h6-8,13,17H,4-5,9H2,1-3H3. The van der Waals surface area contributed by atoms with Crippen molar-refractivity contribution in [2.45, 2.75) is 46.2 Å². The second-order valence-electron chi connectivity index (χ2n) is 5.38. The monoisotopic (exact) mass is 256 g/mol. The molecular weight excluding hydrogens is 236 g/mol. The molecule has 0 spiro atoms. The Morgan fingerprint density at radius 1 is 1.32 bits per heavy atom. The molecular formula is C15H20N4. The largest absolute Gasteiger partial charge is 0.310 e. The normalized spacial score (nSPS) is 14.9. The second kappa shape index (κ2) is 4.78. The van der Waals surface area contributed by atoms with Crippen LogP contribution >= 0.6 is 0 Å². The van der Waals surface area contributed by atoms with Gasteiger partial charge in [0.2, 0.25) is 0 Å². The van der Waals surface area contributed by atoms with Crippen LogP contribution in [0.5, 0.6) is 0 Å². The molecule has 19 heavy (non-hydrogen) atoms. The fraction of sp³-hybridized carbons (Fsp3) is 0.467. The molecule has 1 aliphatic rings. The molecule has 4 nitrogen and oxygen atoms in total. The van der Waals surface area contributed by atoms with E-state index in [0.29, 0.717) is 6.04 Å². The minimum atomic E-state index is 0.706. The predicted octanol–water partition coefficient (Wildman–Crippen LogP) is 2.44. The number of imidazole rings is 1. The summed E-state index contributed by atoms with van der Waals surface area (Å²) in [6.07, 6.45) is 6.42. The Morgan fingerprint density at radius 2 is 2.11 bits per heavy atom. The first-order valence-electron chi connectivity index (χ1n) is 6.86. The van der Waals surface area contributed by atoms with Gasteiger partial charge in [0.15, 0.2) is 0 Å². The van der Waals surface area contributed by atoms with Gasteiger partial charge in [-0.15, -0.1) is 0 Å². The molecule has 1 aliphatic carbocycles. The molecule has 1 fully saturated rings. The first kappa shape index (κ1) is 12.4. The molecule has 3 rings (SSSR count). The van der Waals surface area contributed by atoms with Crippen LogP contribution in [0.25, 0.3) is 5.82 Å². The number of aryl methyl sites for hydroxylation is 3. The van der Waals surface area contributed by atoms with Gasteiger partial charge >= 0.3 is 0 Å². The molecule has 2 aromatic rings. The van der Waals surface area contributed by atoms with Crippen molar-refractivity contribution in [2.75, 3.05) is 0 Å². The quantitative estimate of drug-likeness (QED) is 0.913. The van der Waals surface area contributed by atoms with E-state index in [1.54, 1.807) is 0 Å². The molecule has 0 amide bonds. The molecule has 4 heteroatoms. The number of aromatic nitrogens is 3. The molecule has 0 unspecified atom stereocenters. The summed E-state index contributed by atoms with van der Waals surface area (Å²) in [5.74, 6) is 1.99. The third-order valence-corrected chi connectivity index (χ3v) is 3.65. The number of rotatable bonds is 4. The predicted molar refractivity (Wildman–Crippen MR) is 75.4 cm³/mol. The third kappa shape index (κ3) is 2.54. The summed E-state index contributed by atoms with van der Waals surface area (Å²) in [5, 5.41) is 3.58. The summed E-state index contributed by atoms with van der Waals surface area (Å²) in [4.78, 5) is 9.02. The van der Waals surface area contributed by atoms with Gasteiger partial charge in [-0.3, -0.25) is 4.57 Å². The van der Waals surface area contributed by atoms with Crippen molar-refractivity contribution in [2.24, 2.45) is 0 Å². The Morgan fingerprint density at radius 3 is 2.74 bits per heavy atom. The average Bonchev–Trinajstić information content (AvgIpc) is 3.08. The molecule has 2 heterocycles. The molecule has 1 N–H and O–H groups in total. The van der Waals surface area contributed by atoms with Crippen molar-refractivity contribution < 1.29 is 0 Å². The lowest BCUT2D eigenvalue weighted by Gasteiger charge is -2.15. The Bertz CT molecular complexity index is 596. The van der Waals surface area contributed by atoms with Crippen molar-refractivity contribution >= 4 is 0 Å². The Hall–Kier alpha value is -1.68. The minimum Gasteiger partial charge on any atom is -0.310 e. The summed E-state index contributed by atoms with van der Waals surface area (Å²) in [7, 11) is 0. The van der Waals surface area contributed by atoms with E-state index < -0.39 is 0 Å². The van der Waals surface area contributed by atoms with Gasteiger partial charge in [-0.25, -0.2) is 9.97 Å². The molecule has 0 bridgehead atoms. The zero-order valence-corrected chi connectivity index (χ0v) is 11.8. The highest BCUT2D eigenvalue weighted by Crippen LogP contribution is 2.23. The van der Waals surface area contributed by atoms with Crippen LogP contribution in [-0.2, 0) is 6.54 Å². The van der Waals surface area contributed by atoms with E-state index in [9.17, 15) is 0 Å². The van der Waals surface area contributed by atoms with Gasteiger partial charge in [0.25, 0.3) is 0 Å². The van der Waals surface area contributed by atoms with Crippen LogP contribution in [0, 0.1) is 20.8 Å². The van der Waals surface area contributed by atoms with Crippen LogP contribution in [0.15, 0.2) is 18.5 Å². The molecule has 0 radical (unpaired) electrons. The van der Waals surface area contributed by atoms with E-state index in [2.05, 4.69) is 27.9 Å². The molecule has 2 aromatic heterocycles. The maximum atomic E-state index is 4.72. The number of pyridine rings is 1. The molecule has 100 valence electrons. The molecule has 1 saturated carbocycles. The molecule has 0 aromatic carbocycles. The van der Waals surface area contributed by atoms with E-state index >= 15 is 0 Å². The van der Waals surface area contributed by atoms with Crippen LogP contribution in [-0.4, -0.2) is 20.6 Å². The average molecular weight is 256 g/mol. The van der Waals surface area contributed by atoms with Gasteiger partial charge < -0.3 is 5.32 Å². The van der Waals surface area contributed by atoms with Crippen molar-refractivity contribution in [3.63, 3.8) is 0 Å². The lowest BCUT2D eigenvalue weighted by Crippen LogP contribution is -2.19. The zero-order chi connectivity index (χ0) is 13.4. The molecule has 0 aliphatic heterocycles. The van der Waals surface area contributed by atoms with Crippen LogP contribution in [0.1, 0.15) is 35.5 Å². The van der Waals surface area contributed by atoms with Crippen LogP contribution in [0.3, 0.4) is 0 Å². The van der Waals surface area contributed by atoms with Crippen LogP contribution in [0.2, 0.25) is 0 Å². The van der Waals surface area contributed by atoms with Crippen molar-refractivity contribution in [3.8, 4) is 5.82 Å². The maximum Gasteiger partial charge on any atom is 0.143 e. The number of hydrogen-bond donors (Lipinski definition) is 1. The third-order valence-electron chi connectivity index (χ3n) is 3.65. The highest BCUT2D eigenvalue weighted by Gasteiger charge is 2.21. The lowest BCUT2D eigenvalue weighted by atomic mass is 10.1. The minimum absolute atomic E-state index is 0.706. The van der Waals surface area contributed by atoms with Crippen molar-refractivity contribution in [1.82, 2.24) is 19.9 Å². The molecule has 0 saturated heterocycles. The highest BCUT2D eigenvalue weighted by molar-refractivity contribution is 5.42. The summed E-state index contributed by atoms with van der Waals surface area (Å²) < 4.78 is 2.07. The topological polar surface area (TPSA) is 42.7 Å². The van der Waals surface area contributed by atoms with Crippen LogP contribution in [0.4, 0.5) is 0 Å². The van der Waals surface area contributed by atoms with E-state index in [0.717, 1.165) is 23.9 Å². The van der Waals surface area contributed by atoms with E-state index in [1.807, 2.05) is 26.2 Å². The SMILES string of the molecule is Cc1cc(C)c(CNC2CC2)c(-n2ccnc2C)n1. The Labute approximate surface area is 113 Å². The van der Waals surface area contributed by atoms with Gasteiger partial charge in [0, 0.05) is 36.2 Å². The Balaban J connectivity index is 2.02. The van der Waals surface area contributed by atoms with Gasteiger partial charge in [-0.2, -0.15) is 0 Å². The number of nitrogens with one attached hydrogen (secondary N) is 1. The van der Waals surface area contributed by atoms with Gasteiger partial charge in [0.05, 0.1) is 0 Å². The lowest BCUT2D eigenvalue weighted by molar-refractivity contribution is 0.676. The van der Waals surface area contributed by atoms with Crippen molar-refractivity contribution in [3.05, 3.63) is 41.1 Å². The summed E-state index contributed by atoms with van der Waals surface area (Å²) >= 11 is 0. The van der Waals surface area contributed by atoms with E-state index in [4.69, 9.17) is 4.98 Å². The number of nitrogens with zero attached hydrogens (tertiary/aromatic N) is 3. The summed E-state index contributed by atoms with van der Waals surface area (Å²) in [5.41, 5.74) is 3.62. The maximum absolute atomic E-state index is 4.72. The zero-order valence-electron chi connectivity index (χ0n) is 11.8. The smallest absolute Gasteiger partial charge is 0.143 e. The fourth-order valence-corrected chi connectivity index (χ4v) is 2.40. The first-order chi connectivity index (χ1) is 9.15. The van der Waals surface area contributed by atoms with Gasteiger partial charge in [-0.05, 0) is 45.2 Å².